The maximum atomic E-state index is 13.2. The van der Waals surface area contributed by atoms with Gasteiger partial charge in [0, 0.05) is 5.56 Å². The average Bonchev–Trinajstić information content (AvgIpc) is 2.90. The van der Waals surface area contributed by atoms with Crippen molar-refractivity contribution in [3.8, 4) is 0 Å². The lowest BCUT2D eigenvalue weighted by atomic mass is 9.99. The number of morpholine rings is 1. The molecule has 39 heavy (non-hydrogen) atoms. The number of quaternary nitrogens is 1. The Balaban J connectivity index is 0.000000507. The third-order valence-corrected chi connectivity index (χ3v) is 6.07. The van der Waals surface area contributed by atoms with Crippen molar-refractivity contribution in [2.75, 3.05) is 32.8 Å². The van der Waals surface area contributed by atoms with E-state index < -0.39 is 35.1 Å². The summed E-state index contributed by atoms with van der Waals surface area (Å²) in [5, 5.41) is 10.7. The molecule has 1 atom stereocenters. The lowest BCUT2D eigenvalue weighted by Gasteiger charge is -2.42. The van der Waals surface area contributed by atoms with Gasteiger partial charge in [-0.2, -0.15) is 26.3 Å². The minimum Gasteiger partial charge on any atom is -0.382 e. The molecule has 0 saturated carbocycles. The first kappa shape index (κ1) is 32.3. The Morgan fingerprint density at radius 2 is 1.23 bits per heavy atom. The minimum atomic E-state index is -4.95. The molecule has 3 aromatic rings. The summed E-state index contributed by atoms with van der Waals surface area (Å²) in [6, 6.07) is 18.5. The summed E-state index contributed by atoms with van der Waals surface area (Å²) in [7, 11) is 0. The predicted octanol–water partition coefficient (Wildman–Crippen LogP) is 7.66. The van der Waals surface area contributed by atoms with E-state index >= 15 is 0 Å². The van der Waals surface area contributed by atoms with E-state index in [1.165, 1.54) is 12.1 Å². The Labute approximate surface area is 224 Å². The van der Waals surface area contributed by atoms with Crippen molar-refractivity contribution < 1.29 is 45.1 Å². The van der Waals surface area contributed by atoms with Gasteiger partial charge in [-0.25, -0.2) is 4.39 Å². The third kappa shape index (κ3) is 10.3. The molecule has 1 N–H and O–H groups in total. The number of aliphatic hydroxyl groups excluding tert-OH is 1. The van der Waals surface area contributed by atoms with Gasteiger partial charge in [-0.15, -0.1) is 0 Å². The molecule has 3 nitrogen and oxygen atoms in total. The highest BCUT2D eigenvalue weighted by Crippen LogP contribution is 2.38. The van der Waals surface area contributed by atoms with Crippen LogP contribution < -0.4 is 0 Å². The van der Waals surface area contributed by atoms with Gasteiger partial charge in [-0.3, -0.25) is 0 Å². The van der Waals surface area contributed by atoms with Crippen molar-refractivity contribution in [3.05, 3.63) is 107 Å². The second-order valence-electron chi connectivity index (χ2n) is 8.88. The summed E-state index contributed by atoms with van der Waals surface area (Å²) in [6.45, 7) is 6.27. The number of hydrogen-bond acceptors (Lipinski definition) is 2. The van der Waals surface area contributed by atoms with Crippen LogP contribution in [0.3, 0.4) is 0 Å². The molecule has 0 aromatic heterocycles. The fraction of sp³-hybridized carbons (Fsp3) is 0.379. The number of nitrogens with zero attached hydrogens (tertiary/aromatic N) is 1. The minimum absolute atomic E-state index is 0.0170. The van der Waals surface area contributed by atoms with Crippen LogP contribution in [0.25, 0.3) is 0 Å². The molecule has 4 rings (SSSR count). The Morgan fingerprint density at radius 1 is 0.769 bits per heavy atom. The largest absolute Gasteiger partial charge is 0.416 e. The smallest absolute Gasteiger partial charge is 0.382 e. The van der Waals surface area contributed by atoms with Crippen LogP contribution in [-0.2, 0) is 23.6 Å². The molecule has 1 aliphatic heterocycles. The first-order valence-electron chi connectivity index (χ1n) is 12.5. The van der Waals surface area contributed by atoms with Gasteiger partial charge in [0.25, 0.3) is 0 Å². The van der Waals surface area contributed by atoms with E-state index in [1.54, 1.807) is 18.2 Å². The zero-order valence-electron chi connectivity index (χ0n) is 21.8. The summed E-state index contributed by atoms with van der Waals surface area (Å²) in [4.78, 5) is 0. The topological polar surface area (TPSA) is 29.5 Å². The first-order chi connectivity index (χ1) is 18.4. The van der Waals surface area contributed by atoms with Crippen LogP contribution in [-0.4, -0.2) is 42.4 Å². The quantitative estimate of drug-likeness (QED) is 0.257. The highest BCUT2D eigenvalue weighted by atomic mass is 19.4. The lowest BCUT2D eigenvalue weighted by molar-refractivity contribution is -0.950. The normalized spacial score (nSPS) is 15.7. The summed E-state index contributed by atoms with van der Waals surface area (Å²) in [5.74, 6) is -0.178. The summed E-state index contributed by atoms with van der Waals surface area (Å²) in [6.07, 6.45) is -11.4. The van der Waals surface area contributed by atoms with Crippen LogP contribution in [0.4, 0.5) is 30.7 Å². The molecule has 1 saturated heterocycles. The second kappa shape index (κ2) is 14.4. The molecule has 3 aromatic carbocycles. The van der Waals surface area contributed by atoms with Gasteiger partial charge in [0.2, 0.25) is 0 Å². The Bertz CT molecular complexity index is 1080. The Hall–Kier alpha value is -2.95. The van der Waals surface area contributed by atoms with Crippen molar-refractivity contribution in [1.82, 2.24) is 0 Å². The molecule has 0 spiro atoms. The SMILES string of the molecule is CC.Fc1ccccc1.OC(C[N+]1(Cc2ccccc2)CCOCC1)c1cc(C(F)(F)F)cc(C(F)(F)F)c1. The second-order valence-corrected chi connectivity index (χ2v) is 8.88. The molecule has 10 heteroatoms. The maximum Gasteiger partial charge on any atom is 0.416 e. The van der Waals surface area contributed by atoms with E-state index in [0.29, 0.717) is 49.5 Å². The van der Waals surface area contributed by atoms with Crippen LogP contribution >= 0.6 is 0 Å². The molecule has 0 amide bonds. The van der Waals surface area contributed by atoms with Crippen LogP contribution in [0.5, 0.6) is 0 Å². The average molecular weight is 561 g/mol. The van der Waals surface area contributed by atoms with Crippen LogP contribution in [0, 0.1) is 5.82 Å². The molecule has 1 aliphatic rings. The first-order valence-corrected chi connectivity index (χ1v) is 12.5. The van der Waals surface area contributed by atoms with Crippen molar-refractivity contribution >= 4 is 0 Å². The van der Waals surface area contributed by atoms with Crippen molar-refractivity contribution in [1.29, 1.82) is 0 Å². The Kier molecular flexibility index (Phi) is 11.9. The maximum absolute atomic E-state index is 13.2. The molecule has 0 bridgehead atoms. The number of hydrogen-bond donors (Lipinski definition) is 1. The van der Waals surface area contributed by atoms with Crippen molar-refractivity contribution in [2.45, 2.75) is 38.8 Å². The predicted molar refractivity (Wildman–Crippen MR) is 135 cm³/mol. The monoisotopic (exact) mass is 560 g/mol. The van der Waals surface area contributed by atoms with Gasteiger partial charge in [0.1, 0.15) is 38.1 Å². The summed E-state index contributed by atoms with van der Waals surface area (Å²) < 4.78 is 96.5. The third-order valence-electron chi connectivity index (χ3n) is 6.07. The van der Waals surface area contributed by atoms with E-state index in [0.717, 1.165) is 5.56 Å². The van der Waals surface area contributed by atoms with E-state index in [4.69, 9.17) is 4.74 Å². The highest BCUT2D eigenvalue weighted by Gasteiger charge is 2.39. The summed E-state index contributed by atoms with van der Waals surface area (Å²) >= 11 is 0. The highest BCUT2D eigenvalue weighted by molar-refractivity contribution is 5.34. The van der Waals surface area contributed by atoms with Crippen LogP contribution in [0.1, 0.15) is 42.2 Å². The van der Waals surface area contributed by atoms with Crippen LogP contribution in [0.15, 0.2) is 78.9 Å². The van der Waals surface area contributed by atoms with E-state index in [1.807, 2.05) is 44.2 Å². The fourth-order valence-corrected chi connectivity index (χ4v) is 4.16. The van der Waals surface area contributed by atoms with Gasteiger partial charge in [0.15, 0.2) is 0 Å². The Morgan fingerprint density at radius 3 is 1.64 bits per heavy atom. The van der Waals surface area contributed by atoms with Gasteiger partial charge in [-0.05, 0) is 35.9 Å². The van der Waals surface area contributed by atoms with Crippen molar-refractivity contribution in [2.24, 2.45) is 0 Å². The van der Waals surface area contributed by atoms with Gasteiger partial charge >= 0.3 is 12.4 Å². The molecular formula is C29H33F7NO2+. The number of ether oxygens (including phenoxy) is 1. The molecule has 1 fully saturated rings. The lowest BCUT2D eigenvalue weighted by Crippen LogP contribution is -2.56. The molecule has 1 heterocycles. The molecule has 1 unspecified atom stereocenters. The van der Waals surface area contributed by atoms with Gasteiger partial charge in [0.05, 0.1) is 24.3 Å². The molecule has 0 aliphatic carbocycles. The fourth-order valence-electron chi connectivity index (χ4n) is 4.16. The number of rotatable bonds is 5. The zero-order chi connectivity index (χ0) is 29.1. The number of aliphatic hydroxyl groups is 1. The van der Waals surface area contributed by atoms with E-state index in [2.05, 4.69) is 0 Å². The zero-order valence-corrected chi connectivity index (χ0v) is 21.8. The summed E-state index contributed by atoms with van der Waals surface area (Å²) in [5.41, 5.74) is -2.29. The van der Waals surface area contributed by atoms with Gasteiger partial charge < -0.3 is 14.3 Å². The standard InChI is InChI=1S/C21H22F6NO2.C6H5F.C2H6/c22-20(23,24)17-10-16(11-18(12-17)21(25,26)27)19(29)14-28(6-8-30-9-7-28)13-15-4-2-1-3-5-15;7-6-4-2-1-3-5-6;1-2/h1-5,10-12,19,29H,6-9,13-14H2;1-5H;1-2H3/q+1;;. The number of benzene rings is 3. The molecule has 0 radical (unpaired) electrons. The number of halogens is 7. The van der Waals surface area contributed by atoms with E-state index in [9.17, 15) is 35.8 Å². The van der Waals surface area contributed by atoms with Crippen LogP contribution in [0.2, 0.25) is 0 Å². The van der Waals surface area contributed by atoms with E-state index in [-0.39, 0.29) is 18.4 Å². The van der Waals surface area contributed by atoms with Gasteiger partial charge in [-0.1, -0.05) is 62.4 Å². The van der Waals surface area contributed by atoms with Crippen molar-refractivity contribution in [3.63, 3.8) is 0 Å². The molecular weight excluding hydrogens is 527 g/mol. The molecule has 214 valence electrons. The number of alkyl halides is 6.